The van der Waals surface area contributed by atoms with Gasteiger partial charge in [0.2, 0.25) is 0 Å². The van der Waals surface area contributed by atoms with Crippen molar-refractivity contribution >= 4 is 5.97 Å². The third-order valence-corrected chi connectivity index (χ3v) is 6.31. The highest BCUT2D eigenvalue weighted by Gasteiger charge is 2.42. The summed E-state index contributed by atoms with van der Waals surface area (Å²) in [5.41, 5.74) is 1.44. The summed E-state index contributed by atoms with van der Waals surface area (Å²) >= 11 is 0. The Hall–Kier alpha value is -2.44. The average molecular weight is 413 g/mol. The Morgan fingerprint density at radius 1 is 1.13 bits per heavy atom. The Kier molecular flexibility index (Phi) is 6.35. The van der Waals surface area contributed by atoms with Gasteiger partial charge in [0.25, 0.3) is 0 Å². The highest BCUT2D eigenvalue weighted by atomic mass is 19.1. The van der Waals surface area contributed by atoms with Crippen LogP contribution in [0.2, 0.25) is 0 Å². The van der Waals surface area contributed by atoms with Gasteiger partial charge in [0.15, 0.2) is 0 Å². The predicted octanol–water partition coefficient (Wildman–Crippen LogP) is 3.31. The first kappa shape index (κ1) is 20.8. The van der Waals surface area contributed by atoms with Crippen molar-refractivity contribution in [2.75, 3.05) is 26.7 Å². The molecule has 1 aliphatic heterocycles. The van der Waals surface area contributed by atoms with E-state index in [9.17, 15) is 14.3 Å². The number of carbonyl (C=O) groups is 1. The number of hydrogen-bond donors (Lipinski definition) is 1. The quantitative estimate of drug-likeness (QED) is 0.737. The second kappa shape index (κ2) is 9.14. The van der Waals surface area contributed by atoms with Gasteiger partial charge < -0.3 is 19.5 Å². The average Bonchev–Trinajstić information content (AvgIpc) is 3.13. The summed E-state index contributed by atoms with van der Waals surface area (Å²) < 4.78 is 24.2. The number of ether oxygens (including phenoxy) is 2. The van der Waals surface area contributed by atoms with E-state index in [1.807, 2.05) is 6.07 Å². The summed E-state index contributed by atoms with van der Waals surface area (Å²) in [5, 5.41) is 10.6. The molecule has 1 heterocycles. The molecule has 0 radical (unpaired) electrons. The number of likely N-dealkylation sites (tertiary alicyclic amines) is 1. The molecule has 2 aromatic rings. The predicted molar refractivity (Wildman–Crippen MR) is 111 cm³/mol. The molecule has 1 aliphatic carbocycles. The maximum Gasteiger partial charge on any atom is 0.337 e. The lowest BCUT2D eigenvalue weighted by Gasteiger charge is -2.35. The highest BCUT2D eigenvalue weighted by Crippen LogP contribution is 2.38. The Bertz CT molecular complexity index is 889. The molecule has 4 rings (SSSR count). The van der Waals surface area contributed by atoms with Crippen molar-refractivity contribution < 1.29 is 23.8 Å². The number of aliphatic hydroxyl groups excluding tert-OH is 1. The molecule has 0 amide bonds. The zero-order valence-electron chi connectivity index (χ0n) is 17.2. The zero-order valence-corrected chi connectivity index (χ0v) is 17.2. The van der Waals surface area contributed by atoms with Crippen LogP contribution in [-0.4, -0.2) is 54.9 Å². The van der Waals surface area contributed by atoms with Gasteiger partial charge in [-0.2, -0.15) is 0 Å². The number of esters is 1. The SMILES string of the molecule is COC(=O)c1cccc(O[C@@H]2C[C@@H]3CN(CCc4cccc(F)c4)C[C@@H]3C[C@H]2O)c1. The molecule has 30 heavy (non-hydrogen) atoms. The molecule has 2 aromatic carbocycles. The molecule has 160 valence electrons. The van der Waals surface area contributed by atoms with Gasteiger partial charge in [-0.15, -0.1) is 0 Å². The van der Waals surface area contributed by atoms with Crippen molar-refractivity contribution in [2.24, 2.45) is 11.8 Å². The number of methoxy groups -OCH3 is 1. The van der Waals surface area contributed by atoms with Crippen molar-refractivity contribution in [1.29, 1.82) is 0 Å². The Balaban J connectivity index is 1.34. The minimum absolute atomic E-state index is 0.193. The normalized spacial score (nSPS) is 26.2. The van der Waals surface area contributed by atoms with Crippen molar-refractivity contribution in [1.82, 2.24) is 4.90 Å². The standard InChI is InChI=1S/C24H28FNO4/c1-29-24(28)17-5-3-7-21(11-17)30-23-13-19-15-26(14-18(19)12-22(23)27)9-8-16-4-2-6-20(25)10-16/h2-7,10-11,18-19,22-23,27H,8-9,12-15H2,1H3/t18-,19+,22+,23+/m0/s1. The van der Waals surface area contributed by atoms with Gasteiger partial charge in [-0.05, 0) is 67.0 Å². The summed E-state index contributed by atoms with van der Waals surface area (Å²) in [6.45, 7) is 2.82. The molecule has 2 aliphatic rings. The molecule has 2 fully saturated rings. The molecule has 5 nitrogen and oxygen atoms in total. The summed E-state index contributed by atoms with van der Waals surface area (Å²) in [4.78, 5) is 14.1. The van der Waals surface area contributed by atoms with E-state index in [2.05, 4.69) is 4.90 Å². The molecule has 6 heteroatoms. The van der Waals surface area contributed by atoms with Crippen LogP contribution >= 0.6 is 0 Å². The van der Waals surface area contributed by atoms with Gasteiger partial charge in [0, 0.05) is 19.6 Å². The zero-order chi connectivity index (χ0) is 21.1. The smallest absolute Gasteiger partial charge is 0.337 e. The largest absolute Gasteiger partial charge is 0.488 e. The number of fused-ring (bicyclic) bond motifs is 1. The van der Waals surface area contributed by atoms with E-state index < -0.39 is 12.1 Å². The summed E-state index contributed by atoms with van der Waals surface area (Å²) in [7, 11) is 1.35. The number of benzene rings is 2. The van der Waals surface area contributed by atoms with Crippen LogP contribution < -0.4 is 4.74 Å². The minimum atomic E-state index is -0.531. The van der Waals surface area contributed by atoms with Gasteiger partial charge in [-0.1, -0.05) is 18.2 Å². The molecule has 1 saturated carbocycles. The van der Waals surface area contributed by atoms with Crippen molar-refractivity contribution in [2.45, 2.75) is 31.5 Å². The Labute approximate surface area is 176 Å². The van der Waals surface area contributed by atoms with Crippen molar-refractivity contribution in [3.63, 3.8) is 0 Å². The molecular weight excluding hydrogens is 385 g/mol. The summed E-state index contributed by atoms with van der Waals surface area (Å²) in [6.07, 6.45) is 1.49. The van der Waals surface area contributed by atoms with Crippen LogP contribution in [0.1, 0.15) is 28.8 Å². The molecule has 1 saturated heterocycles. The van der Waals surface area contributed by atoms with Crippen molar-refractivity contribution in [3.05, 3.63) is 65.5 Å². The number of carbonyl (C=O) groups excluding carboxylic acids is 1. The number of hydrogen-bond acceptors (Lipinski definition) is 5. The first-order chi connectivity index (χ1) is 14.5. The Morgan fingerprint density at radius 3 is 2.67 bits per heavy atom. The molecule has 1 N–H and O–H groups in total. The second-order valence-corrected chi connectivity index (χ2v) is 8.37. The fourth-order valence-corrected chi connectivity index (χ4v) is 4.77. The molecule has 0 unspecified atom stereocenters. The minimum Gasteiger partial charge on any atom is -0.488 e. The topological polar surface area (TPSA) is 59.0 Å². The number of halogens is 1. The first-order valence-corrected chi connectivity index (χ1v) is 10.5. The number of rotatable bonds is 6. The van der Waals surface area contributed by atoms with Gasteiger partial charge in [-0.25, -0.2) is 9.18 Å². The third kappa shape index (κ3) is 4.82. The highest BCUT2D eigenvalue weighted by molar-refractivity contribution is 5.89. The fourth-order valence-electron chi connectivity index (χ4n) is 4.77. The lowest BCUT2D eigenvalue weighted by atomic mass is 9.78. The molecule has 0 bridgehead atoms. The van der Waals surface area contributed by atoms with Gasteiger partial charge in [-0.3, -0.25) is 0 Å². The monoisotopic (exact) mass is 413 g/mol. The number of aliphatic hydroxyl groups is 1. The van der Waals surface area contributed by atoms with E-state index >= 15 is 0 Å². The first-order valence-electron chi connectivity index (χ1n) is 10.5. The molecule has 0 spiro atoms. The maximum atomic E-state index is 13.4. The van der Waals surface area contributed by atoms with E-state index in [1.54, 1.807) is 36.4 Å². The second-order valence-electron chi connectivity index (χ2n) is 8.37. The summed E-state index contributed by atoms with van der Waals surface area (Å²) in [5.74, 6) is 0.890. The third-order valence-electron chi connectivity index (χ3n) is 6.31. The van der Waals surface area contributed by atoms with Crippen LogP contribution in [0.5, 0.6) is 5.75 Å². The molecular formula is C24H28FNO4. The molecule has 0 aromatic heterocycles. The molecule has 4 atom stereocenters. The van der Waals surface area contributed by atoms with Crippen LogP contribution in [-0.2, 0) is 11.2 Å². The van der Waals surface area contributed by atoms with E-state index in [0.717, 1.165) is 38.0 Å². The lowest BCUT2D eigenvalue weighted by Crippen LogP contribution is -2.42. The van der Waals surface area contributed by atoms with Crippen LogP contribution in [0.15, 0.2) is 48.5 Å². The van der Waals surface area contributed by atoms with Crippen LogP contribution in [0.4, 0.5) is 4.39 Å². The van der Waals surface area contributed by atoms with E-state index in [4.69, 9.17) is 9.47 Å². The summed E-state index contributed by atoms with van der Waals surface area (Å²) in [6, 6.07) is 13.7. The van der Waals surface area contributed by atoms with Crippen LogP contribution in [0.25, 0.3) is 0 Å². The van der Waals surface area contributed by atoms with Gasteiger partial charge >= 0.3 is 5.97 Å². The lowest BCUT2D eigenvalue weighted by molar-refractivity contribution is -0.0231. The Morgan fingerprint density at radius 2 is 1.90 bits per heavy atom. The van der Waals surface area contributed by atoms with Crippen molar-refractivity contribution in [3.8, 4) is 5.75 Å². The van der Waals surface area contributed by atoms with Gasteiger partial charge in [0.05, 0.1) is 18.8 Å². The maximum absolute atomic E-state index is 13.4. The van der Waals surface area contributed by atoms with E-state index in [1.165, 1.54) is 13.2 Å². The van der Waals surface area contributed by atoms with E-state index in [-0.39, 0.29) is 11.9 Å². The van der Waals surface area contributed by atoms with E-state index in [0.29, 0.717) is 29.6 Å². The fraction of sp³-hybridized carbons (Fsp3) is 0.458. The van der Waals surface area contributed by atoms with Crippen LogP contribution in [0.3, 0.4) is 0 Å². The number of nitrogens with zero attached hydrogens (tertiary/aromatic N) is 1. The van der Waals surface area contributed by atoms with Crippen LogP contribution in [0, 0.1) is 17.7 Å². The van der Waals surface area contributed by atoms with Gasteiger partial charge in [0.1, 0.15) is 17.7 Å².